The standard InChI is InChI=1S/C9H18N4/c1-4-13(3)6-8-5-11-7(2)12-9(8)10/h8H,4-6H2,1-3H3,(H2,10,11,12). The molecule has 0 amide bonds. The van der Waals surface area contributed by atoms with Gasteiger partial charge in [0.15, 0.2) is 0 Å². The third-order valence-electron chi connectivity index (χ3n) is 2.32. The first kappa shape index (κ1) is 10.2. The van der Waals surface area contributed by atoms with Crippen LogP contribution in [-0.4, -0.2) is 43.3 Å². The highest BCUT2D eigenvalue weighted by Crippen LogP contribution is 2.06. The van der Waals surface area contributed by atoms with E-state index in [-0.39, 0.29) is 0 Å². The molecule has 0 saturated carbocycles. The number of nitrogens with zero attached hydrogens (tertiary/aromatic N) is 3. The van der Waals surface area contributed by atoms with Gasteiger partial charge in [-0.15, -0.1) is 0 Å². The number of hydrogen-bond acceptors (Lipinski definition) is 4. The molecule has 0 aliphatic carbocycles. The van der Waals surface area contributed by atoms with E-state index >= 15 is 0 Å². The molecule has 0 bridgehead atoms. The minimum atomic E-state index is 0.300. The molecule has 0 radical (unpaired) electrons. The van der Waals surface area contributed by atoms with Crippen LogP contribution in [-0.2, 0) is 0 Å². The Bertz CT molecular complexity index is 232. The van der Waals surface area contributed by atoms with E-state index in [1.165, 1.54) is 0 Å². The minimum Gasteiger partial charge on any atom is -0.387 e. The van der Waals surface area contributed by atoms with Crippen molar-refractivity contribution >= 4 is 11.7 Å². The van der Waals surface area contributed by atoms with Crippen LogP contribution >= 0.6 is 0 Å². The molecule has 0 aromatic heterocycles. The summed E-state index contributed by atoms with van der Waals surface area (Å²) in [4.78, 5) is 10.7. The Hall–Kier alpha value is -0.900. The van der Waals surface area contributed by atoms with E-state index in [2.05, 4.69) is 28.9 Å². The molecular weight excluding hydrogens is 164 g/mol. The SMILES string of the molecule is CCN(C)CC1CN=C(C)N=C1N. The van der Waals surface area contributed by atoms with E-state index in [1.54, 1.807) is 0 Å². The van der Waals surface area contributed by atoms with Crippen LogP contribution in [0.5, 0.6) is 0 Å². The Labute approximate surface area is 79.5 Å². The average molecular weight is 182 g/mol. The lowest BCUT2D eigenvalue weighted by atomic mass is 10.1. The van der Waals surface area contributed by atoms with Crippen molar-refractivity contribution in [3.63, 3.8) is 0 Å². The Morgan fingerprint density at radius 2 is 2.31 bits per heavy atom. The number of rotatable bonds is 3. The van der Waals surface area contributed by atoms with Crippen molar-refractivity contribution in [2.75, 3.05) is 26.7 Å². The van der Waals surface area contributed by atoms with Crippen molar-refractivity contribution < 1.29 is 0 Å². The molecule has 1 atom stereocenters. The first-order valence-electron chi connectivity index (χ1n) is 4.67. The molecule has 1 unspecified atom stereocenters. The fraction of sp³-hybridized carbons (Fsp3) is 0.778. The van der Waals surface area contributed by atoms with Crippen LogP contribution in [0.2, 0.25) is 0 Å². The summed E-state index contributed by atoms with van der Waals surface area (Å²) in [5.74, 6) is 1.83. The van der Waals surface area contributed by atoms with Crippen LogP contribution < -0.4 is 5.73 Å². The van der Waals surface area contributed by atoms with Gasteiger partial charge in [-0.25, -0.2) is 4.99 Å². The molecule has 74 valence electrons. The fourth-order valence-corrected chi connectivity index (χ4v) is 1.31. The van der Waals surface area contributed by atoms with Gasteiger partial charge < -0.3 is 10.6 Å². The summed E-state index contributed by atoms with van der Waals surface area (Å²) < 4.78 is 0. The topological polar surface area (TPSA) is 54.0 Å². The molecule has 2 N–H and O–H groups in total. The molecule has 0 spiro atoms. The van der Waals surface area contributed by atoms with Crippen molar-refractivity contribution in [1.29, 1.82) is 0 Å². The van der Waals surface area contributed by atoms with Crippen LogP contribution in [0.25, 0.3) is 0 Å². The summed E-state index contributed by atoms with van der Waals surface area (Å²) in [7, 11) is 2.08. The maximum Gasteiger partial charge on any atom is 0.122 e. The van der Waals surface area contributed by atoms with Gasteiger partial charge in [0.25, 0.3) is 0 Å². The highest BCUT2D eigenvalue weighted by atomic mass is 15.1. The zero-order valence-electron chi connectivity index (χ0n) is 8.62. The highest BCUT2D eigenvalue weighted by Gasteiger charge is 2.17. The Morgan fingerprint density at radius 3 is 2.85 bits per heavy atom. The predicted octanol–water partition coefficient (Wildman–Crippen LogP) is 0.343. The van der Waals surface area contributed by atoms with Crippen molar-refractivity contribution in [2.45, 2.75) is 13.8 Å². The molecule has 4 heteroatoms. The van der Waals surface area contributed by atoms with E-state index in [0.29, 0.717) is 5.92 Å². The highest BCUT2D eigenvalue weighted by molar-refractivity contribution is 5.98. The van der Waals surface area contributed by atoms with Gasteiger partial charge in [-0.05, 0) is 20.5 Å². The van der Waals surface area contributed by atoms with Gasteiger partial charge in [0.05, 0.1) is 6.54 Å². The smallest absolute Gasteiger partial charge is 0.122 e. The summed E-state index contributed by atoms with van der Waals surface area (Å²) in [6.07, 6.45) is 0. The summed E-state index contributed by atoms with van der Waals surface area (Å²) >= 11 is 0. The molecule has 4 nitrogen and oxygen atoms in total. The summed E-state index contributed by atoms with van der Waals surface area (Å²) in [5.41, 5.74) is 5.81. The first-order valence-corrected chi connectivity index (χ1v) is 4.67. The van der Waals surface area contributed by atoms with Gasteiger partial charge in [-0.2, -0.15) is 0 Å². The summed E-state index contributed by atoms with van der Waals surface area (Å²) in [5, 5.41) is 0. The molecule has 0 aromatic carbocycles. The summed E-state index contributed by atoms with van der Waals surface area (Å²) in [6, 6.07) is 0. The maximum absolute atomic E-state index is 5.81. The molecule has 0 aromatic rings. The van der Waals surface area contributed by atoms with E-state index in [0.717, 1.165) is 31.3 Å². The largest absolute Gasteiger partial charge is 0.387 e. The fourth-order valence-electron chi connectivity index (χ4n) is 1.31. The van der Waals surface area contributed by atoms with Gasteiger partial charge in [-0.3, -0.25) is 4.99 Å². The van der Waals surface area contributed by atoms with Crippen LogP contribution in [0.4, 0.5) is 0 Å². The number of hydrogen-bond donors (Lipinski definition) is 1. The van der Waals surface area contributed by atoms with Crippen molar-refractivity contribution in [3.8, 4) is 0 Å². The molecule has 0 saturated heterocycles. The maximum atomic E-state index is 5.81. The molecule has 1 heterocycles. The second-order valence-electron chi connectivity index (χ2n) is 3.48. The monoisotopic (exact) mass is 182 g/mol. The Balaban J connectivity index is 2.51. The van der Waals surface area contributed by atoms with Crippen LogP contribution in [0.1, 0.15) is 13.8 Å². The number of nitrogens with two attached hydrogens (primary N) is 1. The molecule has 13 heavy (non-hydrogen) atoms. The number of amidine groups is 2. The van der Waals surface area contributed by atoms with E-state index < -0.39 is 0 Å². The van der Waals surface area contributed by atoms with Gasteiger partial charge in [-0.1, -0.05) is 6.92 Å². The van der Waals surface area contributed by atoms with E-state index in [4.69, 9.17) is 5.73 Å². The zero-order chi connectivity index (χ0) is 9.84. The van der Waals surface area contributed by atoms with Gasteiger partial charge in [0, 0.05) is 12.5 Å². The van der Waals surface area contributed by atoms with Crippen molar-refractivity contribution in [2.24, 2.45) is 21.6 Å². The third-order valence-corrected chi connectivity index (χ3v) is 2.32. The molecule has 1 aliphatic heterocycles. The van der Waals surface area contributed by atoms with Crippen LogP contribution in [0.15, 0.2) is 9.98 Å². The lowest BCUT2D eigenvalue weighted by Gasteiger charge is -2.23. The van der Waals surface area contributed by atoms with Crippen molar-refractivity contribution in [3.05, 3.63) is 0 Å². The van der Waals surface area contributed by atoms with Crippen molar-refractivity contribution in [1.82, 2.24) is 4.90 Å². The lowest BCUT2D eigenvalue weighted by molar-refractivity contribution is 0.324. The molecule has 1 rings (SSSR count). The first-order chi connectivity index (χ1) is 6.13. The summed E-state index contributed by atoms with van der Waals surface area (Å²) in [6.45, 7) is 6.78. The van der Waals surface area contributed by atoms with Gasteiger partial charge in [0.2, 0.25) is 0 Å². The van der Waals surface area contributed by atoms with Gasteiger partial charge >= 0.3 is 0 Å². The zero-order valence-corrected chi connectivity index (χ0v) is 8.62. The molecule has 0 fully saturated rings. The van der Waals surface area contributed by atoms with E-state index in [1.807, 2.05) is 6.92 Å². The number of aliphatic imine (C=N–C) groups is 2. The average Bonchev–Trinajstić information content (AvgIpc) is 2.09. The van der Waals surface area contributed by atoms with Crippen LogP contribution in [0, 0.1) is 5.92 Å². The second kappa shape index (κ2) is 4.37. The quantitative estimate of drug-likeness (QED) is 0.684. The predicted molar refractivity (Wildman–Crippen MR) is 56.3 cm³/mol. The Kier molecular flexibility index (Phi) is 3.42. The lowest BCUT2D eigenvalue weighted by Crippen LogP contribution is -2.38. The second-order valence-corrected chi connectivity index (χ2v) is 3.48. The minimum absolute atomic E-state index is 0.300. The van der Waals surface area contributed by atoms with Crippen LogP contribution in [0.3, 0.4) is 0 Å². The van der Waals surface area contributed by atoms with Gasteiger partial charge in [0.1, 0.15) is 11.7 Å². The third kappa shape index (κ3) is 2.81. The van der Waals surface area contributed by atoms with E-state index in [9.17, 15) is 0 Å². The normalized spacial score (nSPS) is 22.9. The molecular formula is C9H18N4. The molecule has 1 aliphatic rings. The Morgan fingerprint density at radius 1 is 1.62 bits per heavy atom.